The average Bonchev–Trinajstić information content (AvgIpc) is 3.21. The molecule has 2 heterocycles. The number of imidazole rings is 1. The standard InChI is InChI=1S/C19H25IN4O3/c1-10(2)16(23-19(26)27-4)18(25)24-9-11(3)7-15(24)17-21-13-6-5-12(20)8-14(13)22-17/h5-6,8,10-11,15-16H,7,9H2,1-4H3,(H,21,22)(H,23,26)/t11-,15-,16?/m0/s1. The third-order valence-corrected chi connectivity index (χ3v) is 5.63. The minimum Gasteiger partial charge on any atom is -0.453 e. The van der Waals surface area contributed by atoms with E-state index in [1.54, 1.807) is 0 Å². The molecule has 1 aliphatic heterocycles. The topological polar surface area (TPSA) is 87.3 Å². The number of ether oxygens (including phenoxy) is 1. The van der Waals surface area contributed by atoms with Crippen LogP contribution in [0.5, 0.6) is 0 Å². The number of carbonyl (C=O) groups is 2. The molecule has 1 aromatic carbocycles. The Morgan fingerprint density at radius 3 is 2.81 bits per heavy atom. The number of likely N-dealkylation sites (tertiary alicyclic amines) is 1. The molecular formula is C19H25IN4O3. The summed E-state index contributed by atoms with van der Waals surface area (Å²) in [6, 6.07) is 5.30. The number of methoxy groups -OCH3 is 1. The summed E-state index contributed by atoms with van der Waals surface area (Å²) in [6.07, 6.45) is 0.246. The summed E-state index contributed by atoms with van der Waals surface area (Å²) in [7, 11) is 1.30. The summed E-state index contributed by atoms with van der Waals surface area (Å²) < 4.78 is 5.81. The lowest BCUT2D eigenvalue weighted by molar-refractivity contribution is -0.135. The molecule has 0 radical (unpaired) electrons. The van der Waals surface area contributed by atoms with Gasteiger partial charge in [-0.15, -0.1) is 0 Å². The zero-order valence-electron chi connectivity index (χ0n) is 16.0. The number of halogens is 1. The fourth-order valence-electron chi connectivity index (χ4n) is 3.58. The van der Waals surface area contributed by atoms with Crippen molar-refractivity contribution in [2.24, 2.45) is 11.8 Å². The molecule has 7 nitrogen and oxygen atoms in total. The molecule has 0 aliphatic carbocycles. The highest BCUT2D eigenvalue weighted by Gasteiger charge is 2.40. The highest BCUT2D eigenvalue weighted by molar-refractivity contribution is 14.1. The number of hydrogen-bond donors (Lipinski definition) is 2. The first-order chi connectivity index (χ1) is 12.8. The van der Waals surface area contributed by atoms with Gasteiger partial charge in [-0.25, -0.2) is 9.78 Å². The van der Waals surface area contributed by atoms with Gasteiger partial charge in [-0.05, 0) is 59.0 Å². The Bertz CT molecular complexity index is 851. The Hall–Kier alpha value is -1.84. The van der Waals surface area contributed by atoms with E-state index in [0.717, 1.165) is 26.8 Å². The summed E-state index contributed by atoms with van der Waals surface area (Å²) in [6.45, 7) is 6.60. The number of nitrogens with one attached hydrogen (secondary N) is 2. The molecule has 3 atom stereocenters. The summed E-state index contributed by atoms with van der Waals surface area (Å²) in [4.78, 5) is 34.9. The number of carbonyl (C=O) groups excluding carboxylic acids is 2. The molecule has 0 spiro atoms. The average molecular weight is 484 g/mol. The van der Waals surface area contributed by atoms with Crippen molar-refractivity contribution in [3.63, 3.8) is 0 Å². The Kier molecular flexibility index (Phi) is 5.92. The zero-order chi connectivity index (χ0) is 19.7. The molecule has 2 aromatic rings. The highest BCUT2D eigenvalue weighted by atomic mass is 127. The molecular weight excluding hydrogens is 459 g/mol. The van der Waals surface area contributed by atoms with Crippen LogP contribution in [0.3, 0.4) is 0 Å². The van der Waals surface area contributed by atoms with Crippen molar-refractivity contribution in [1.82, 2.24) is 20.2 Å². The highest BCUT2D eigenvalue weighted by Crippen LogP contribution is 2.35. The van der Waals surface area contributed by atoms with Gasteiger partial charge in [0.2, 0.25) is 5.91 Å². The molecule has 1 unspecified atom stereocenters. The number of H-pyrrole nitrogens is 1. The summed E-state index contributed by atoms with van der Waals surface area (Å²) >= 11 is 2.26. The van der Waals surface area contributed by atoms with Gasteiger partial charge in [0.05, 0.1) is 24.2 Å². The molecule has 1 fully saturated rings. The maximum absolute atomic E-state index is 13.2. The predicted octanol–water partition coefficient (Wildman–Crippen LogP) is 3.46. The maximum atomic E-state index is 13.2. The summed E-state index contributed by atoms with van der Waals surface area (Å²) in [5.74, 6) is 1.01. The molecule has 2 N–H and O–H groups in total. The van der Waals surface area contributed by atoms with Crippen LogP contribution in [0, 0.1) is 15.4 Å². The lowest BCUT2D eigenvalue weighted by Gasteiger charge is -2.30. The van der Waals surface area contributed by atoms with Crippen molar-refractivity contribution < 1.29 is 14.3 Å². The van der Waals surface area contributed by atoms with Gasteiger partial charge < -0.3 is 19.9 Å². The Morgan fingerprint density at radius 1 is 1.41 bits per heavy atom. The van der Waals surface area contributed by atoms with Crippen molar-refractivity contribution in [2.75, 3.05) is 13.7 Å². The van der Waals surface area contributed by atoms with Gasteiger partial charge in [-0.2, -0.15) is 0 Å². The van der Waals surface area contributed by atoms with Crippen LogP contribution in [0.15, 0.2) is 18.2 Å². The Morgan fingerprint density at radius 2 is 2.15 bits per heavy atom. The van der Waals surface area contributed by atoms with Crippen molar-refractivity contribution in [3.8, 4) is 0 Å². The minimum absolute atomic E-state index is 0.0505. The third-order valence-electron chi connectivity index (χ3n) is 4.96. The van der Waals surface area contributed by atoms with E-state index in [1.807, 2.05) is 36.9 Å². The minimum atomic E-state index is -0.629. The fourth-order valence-corrected chi connectivity index (χ4v) is 4.06. The second-order valence-electron chi connectivity index (χ2n) is 7.49. The molecule has 3 rings (SSSR count). The largest absolute Gasteiger partial charge is 0.453 e. The van der Waals surface area contributed by atoms with Crippen molar-refractivity contribution in [2.45, 2.75) is 39.3 Å². The van der Waals surface area contributed by atoms with E-state index in [0.29, 0.717) is 12.5 Å². The zero-order valence-corrected chi connectivity index (χ0v) is 18.1. The molecule has 146 valence electrons. The van der Waals surface area contributed by atoms with Gasteiger partial charge in [0, 0.05) is 10.1 Å². The van der Waals surface area contributed by atoms with E-state index in [9.17, 15) is 9.59 Å². The first-order valence-corrected chi connectivity index (χ1v) is 10.2. The maximum Gasteiger partial charge on any atom is 0.407 e. The number of benzene rings is 1. The number of fused-ring (bicyclic) bond motifs is 1. The van der Waals surface area contributed by atoms with Crippen LogP contribution in [0.25, 0.3) is 11.0 Å². The van der Waals surface area contributed by atoms with Gasteiger partial charge in [0.1, 0.15) is 11.9 Å². The molecule has 0 bridgehead atoms. The molecule has 8 heteroatoms. The normalized spacial score (nSPS) is 20.9. The van der Waals surface area contributed by atoms with E-state index < -0.39 is 12.1 Å². The number of aromatic amines is 1. The summed E-state index contributed by atoms with van der Waals surface area (Å²) in [5.41, 5.74) is 1.86. The van der Waals surface area contributed by atoms with E-state index in [2.05, 4.69) is 44.6 Å². The quantitative estimate of drug-likeness (QED) is 0.651. The Balaban J connectivity index is 1.89. The van der Waals surface area contributed by atoms with Gasteiger partial charge in [0.25, 0.3) is 0 Å². The first-order valence-electron chi connectivity index (χ1n) is 9.10. The van der Waals surface area contributed by atoms with Crippen LogP contribution in [-0.2, 0) is 9.53 Å². The number of aromatic nitrogens is 2. The van der Waals surface area contributed by atoms with E-state index >= 15 is 0 Å². The first kappa shape index (κ1) is 19.9. The van der Waals surface area contributed by atoms with Crippen LogP contribution in [0.4, 0.5) is 4.79 Å². The van der Waals surface area contributed by atoms with Crippen molar-refractivity contribution in [1.29, 1.82) is 0 Å². The monoisotopic (exact) mass is 484 g/mol. The number of hydrogen-bond acceptors (Lipinski definition) is 4. The second-order valence-corrected chi connectivity index (χ2v) is 8.73. The van der Waals surface area contributed by atoms with Crippen LogP contribution in [0.1, 0.15) is 39.1 Å². The van der Waals surface area contributed by atoms with Crippen LogP contribution in [-0.4, -0.2) is 46.6 Å². The molecule has 0 saturated carbocycles. The van der Waals surface area contributed by atoms with Crippen molar-refractivity contribution in [3.05, 3.63) is 27.6 Å². The second kappa shape index (κ2) is 8.04. The van der Waals surface area contributed by atoms with E-state index in [1.165, 1.54) is 7.11 Å². The van der Waals surface area contributed by atoms with E-state index in [4.69, 9.17) is 4.98 Å². The predicted molar refractivity (Wildman–Crippen MR) is 111 cm³/mol. The smallest absolute Gasteiger partial charge is 0.407 e. The van der Waals surface area contributed by atoms with Crippen LogP contribution < -0.4 is 5.32 Å². The van der Waals surface area contributed by atoms with Gasteiger partial charge in [-0.1, -0.05) is 20.8 Å². The fraction of sp³-hybridized carbons (Fsp3) is 0.526. The van der Waals surface area contributed by atoms with Crippen LogP contribution >= 0.6 is 22.6 Å². The number of nitrogens with zero attached hydrogens (tertiary/aromatic N) is 2. The third kappa shape index (κ3) is 4.20. The number of alkyl carbamates (subject to hydrolysis) is 1. The molecule has 1 aromatic heterocycles. The lowest BCUT2D eigenvalue weighted by Crippen LogP contribution is -2.51. The van der Waals surface area contributed by atoms with E-state index in [-0.39, 0.29) is 17.9 Å². The van der Waals surface area contributed by atoms with Gasteiger partial charge >= 0.3 is 6.09 Å². The molecule has 1 saturated heterocycles. The van der Waals surface area contributed by atoms with Crippen LogP contribution in [0.2, 0.25) is 0 Å². The lowest BCUT2D eigenvalue weighted by atomic mass is 10.0. The number of rotatable bonds is 4. The van der Waals surface area contributed by atoms with Gasteiger partial charge in [-0.3, -0.25) is 4.79 Å². The van der Waals surface area contributed by atoms with Crippen molar-refractivity contribution >= 4 is 45.6 Å². The molecule has 1 aliphatic rings. The Labute approximate surface area is 172 Å². The molecule has 2 amide bonds. The SMILES string of the molecule is COC(=O)NC(C(=O)N1C[C@@H](C)C[C@H]1c1nc2cc(I)ccc2[nH]1)C(C)C. The summed E-state index contributed by atoms with van der Waals surface area (Å²) in [5, 5.41) is 2.68. The number of amides is 2. The van der Waals surface area contributed by atoms with Gasteiger partial charge in [0.15, 0.2) is 0 Å². The molecule has 27 heavy (non-hydrogen) atoms.